The summed E-state index contributed by atoms with van der Waals surface area (Å²) < 4.78 is 4.10. The van der Waals surface area contributed by atoms with Crippen molar-refractivity contribution in [2.24, 2.45) is 0 Å². The Labute approximate surface area is 105 Å². The molecule has 72 valence electrons. The molecule has 0 bridgehead atoms. The third-order valence-corrected chi connectivity index (χ3v) is 3.02. The van der Waals surface area contributed by atoms with Gasteiger partial charge in [-0.15, -0.1) is 0 Å². The first kappa shape index (κ1) is 10.2. The van der Waals surface area contributed by atoms with Crippen LogP contribution in [-0.4, -0.2) is 9.78 Å². The van der Waals surface area contributed by atoms with Crippen molar-refractivity contribution in [3.8, 4) is 5.69 Å². The second-order valence-electron chi connectivity index (χ2n) is 3.03. The topological polar surface area (TPSA) is 17.8 Å². The van der Waals surface area contributed by atoms with Gasteiger partial charge in [0, 0.05) is 10.7 Å². The molecule has 0 unspecified atom stereocenters. The number of aryl methyl sites for hydroxylation is 1. The van der Waals surface area contributed by atoms with Gasteiger partial charge in [-0.2, -0.15) is 5.10 Å². The lowest BCUT2D eigenvalue weighted by Crippen LogP contribution is -1.96. The van der Waals surface area contributed by atoms with Gasteiger partial charge in [0.25, 0.3) is 0 Å². The molecule has 2 aromatic rings. The fourth-order valence-electron chi connectivity index (χ4n) is 1.26. The predicted molar refractivity (Wildman–Crippen MR) is 68.7 cm³/mol. The van der Waals surface area contributed by atoms with Gasteiger partial charge in [0.2, 0.25) is 0 Å². The lowest BCUT2D eigenvalue weighted by molar-refractivity contribution is 0.872. The fraction of sp³-hybridized carbons (Fsp3) is 0.100. The molecule has 2 nitrogen and oxygen atoms in total. The maximum absolute atomic E-state index is 4.28. The van der Waals surface area contributed by atoms with Crippen LogP contribution in [0, 0.1) is 10.5 Å². The van der Waals surface area contributed by atoms with Crippen LogP contribution >= 0.6 is 38.5 Å². The molecule has 14 heavy (non-hydrogen) atoms. The first-order chi connectivity index (χ1) is 6.66. The number of rotatable bonds is 1. The Morgan fingerprint density at radius 2 is 2.21 bits per heavy atom. The Morgan fingerprint density at radius 3 is 2.86 bits per heavy atom. The van der Waals surface area contributed by atoms with Crippen LogP contribution in [0.2, 0.25) is 0 Å². The minimum absolute atomic E-state index is 1.07. The van der Waals surface area contributed by atoms with Crippen molar-refractivity contribution in [2.75, 3.05) is 0 Å². The standard InChI is InChI=1S/C10H8BrIN2/c1-7-2-3-8(11)4-10(7)14-6-9(12)5-13-14/h2-6H,1H3. The van der Waals surface area contributed by atoms with E-state index in [1.54, 1.807) is 0 Å². The van der Waals surface area contributed by atoms with Gasteiger partial charge in [-0.05, 0) is 47.2 Å². The molecule has 0 aliphatic carbocycles. The van der Waals surface area contributed by atoms with Crippen LogP contribution in [0.25, 0.3) is 5.69 Å². The van der Waals surface area contributed by atoms with E-state index < -0.39 is 0 Å². The van der Waals surface area contributed by atoms with E-state index in [-0.39, 0.29) is 0 Å². The Balaban J connectivity index is 2.55. The van der Waals surface area contributed by atoms with Crippen molar-refractivity contribution in [3.63, 3.8) is 0 Å². The Bertz CT molecular complexity index is 465. The molecular weight excluding hydrogens is 355 g/mol. The second kappa shape index (κ2) is 4.02. The average molecular weight is 363 g/mol. The molecule has 0 radical (unpaired) electrons. The van der Waals surface area contributed by atoms with Crippen LogP contribution in [0.1, 0.15) is 5.56 Å². The highest BCUT2D eigenvalue weighted by atomic mass is 127. The summed E-state index contributed by atoms with van der Waals surface area (Å²) in [4.78, 5) is 0. The third kappa shape index (κ3) is 2.00. The van der Waals surface area contributed by atoms with Gasteiger partial charge in [0.05, 0.1) is 15.5 Å². The van der Waals surface area contributed by atoms with Crippen LogP contribution < -0.4 is 0 Å². The smallest absolute Gasteiger partial charge is 0.0686 e. The summed E-state index contributed by atoms with van der Waals surface area (Å²) in [5, 5.41) is 4.28. The second-order valence-corrected chi connectivity index (χ2v) is 5.20. The van der Waals surface area contributed by atoms with Crippen molar-refractivity contribution >= 4 is 38.5 Å². The van der Waals surface area contributed by atoms with Crippen LogP contribution in [-0.2, 0) is 0 Å². The first-order valence-electron chi connectivity index (χ1n) is 4.13. The Morgan fingerprint density at radius 1 is 1.43 bits per heavy atom. The summed E-state index contributed by atoms with van der Waals surface area (Å²) in [6.45, 7) is 2.08. The largest absolute Gasteiger partial charge is 0.240 e. The number of benzene rings is 1. The molecule has 1 aromatic carbocycles. The van der Waals surface area contributed by atoms with Crippen LogP contribution in [0.5, 0.6) is 0 Å². The average Bonchev–Trinajstić information content (AvgIpc) is 2.56. The molecule has 0 saturated heterocycles. The quantitative estimate of drug-likeness (QED) is 0.709. The van der Waals surface area contributed by atoms with E-state index in [0.29, 0.717) is 0 Å². The molecule has 0 fully saturated rings. The summed E-state index contributed by atoms with van der Waals surface area (Å²) in [6, 6.07) is 6.18. The highest BCUT2D eigenvalue weighted by Crippen LogP contribution is 2.19. The molecule has 0 aliphatic rings. The van der Waals surface area contributed by atoms with E-state index >= 15 is 0 Å². The Kier molecular flexibility index (Phi) is 2.92. The van der Waals surface area contributed by atoms with Gasteiger partial charge in [-0.1, -0.05) is 22.0 Å². The Hall–Kier alpha value is -0.360. The van der Waals surface area contributed by atoms with Gasteiger partial charge in [-0.3, -0.25) is 0 Å². The number of hydrogen-bond acceptors (Lipinski definition) is 1. The van der Waals surface area contributed by atoms with Crippen LogP contribution in [0.4, 0.5) is 0 Å². The van der Waals surface area contributed by atoms with Gasteiger partial charge in [0.15, 0.2) is 0 Å². The third-order valence-electron chi connectivity index (χ3n) is 1.97. The van der Waals surface area contributed by atoms with E-state index in [4.69, 9.17) is 0 Å². The molecule has 2 rings (SSSR count). The van der Waals surface area contributed by atoms with E-state index in [9.17, 15) is 0 Å². The summed E-state index contributed by atoms with van der Waals surface area (Å²) in [5.74, 6) is 0. The van der Waals surface area contributed by atoms with Crippen LogP contribution in [0.3, 0.4) is 0 Å². The zero-order chi connectivity index (χ0) is 10.1. The maximum Gasteiger partial charge on any atom is 0.0686 e. The van der Waals surface area contributed by atoms with E-state index in [0.717, 1.165) is 13.7 Å². The monoisotopic (exact) mass is 362 g/mol. The molecular formula is C10H8BrIN2. The zero-order valence-electron chi connectivity index (χ0n) is 7.54. The molecule has 4 heteroatoms. The molecule has 1 aromatic heterocycles. The summed E-state index contributed by atoms with van der Waals surface area (Å²) >= 11 is 5.71. The van der Waals surface area contributed by atoms with E-state index in [1.165, 1.54) is 5.56 Å². The highest BCUT2D eigenvalue weighted by Gasteiger charge is 2.02. The number of nitrogens with zero attached hydrogens (tertiary/aromatic N) is 2. The van der Waals surface area contributed by atoms with Crippen molar-refractivity contribution in [2.45, 2.75) is 6.92 Å². The molecule has 0 spiro atoms. The number of halogens is 2. The van der Waals surface area contributed by atoms with Crippen molar-refractivity contribution in [1.29, 1.82) is 0 Å². The molecule has 0 atom stereocenters. The lowest BCUT2D eigenvalue weighted by atomic mass is 10.2. The van der Waals surface area contributed by atoms with Gasteiger partial charge in [-0.25, -0.2) is 4.68 Å². The molecule has 0 saturated carbocycles. The normalized spacial score (nSPS) is 10.5. The SMILES string of the molecule is Cc1ccc(Br)cc1-n1cc(I)cn1. The predicted octanol–water partition coefficient (Wildman–Crippen LogP) is 3.55. The summed E-state index contributed by atoms with van der Waals surface area (Å²) in [7, 11) is 0. The minimum atomic E-state index is 1.07. The van der Waals surface area contributed by atoms with Crippen molar-refractivity contribution in [3.05, 3.63) is 44.2 Å². The van der Waals surface area contributed by atoms with Gasteiger partial charge >= 0.3 is 0 Å². The number of aromatic nitrogens is 2. The van der Waals surface area contributed by atoms with Crippen molar-refractivity contribution < 1.29 is 0 Å². The van der Waals surface area contributed by atoms with E-state index in [1.807, 2.05) is 23.1 Å². The fourth-order valence-corrected chi connectivity index (χ4v) is 2.00. The van der Waals surface area contributed by atoms with Gasteiger partial charge < -0.3 is 0 Å². The molecule has 0 aliphatic heterocycles. The molecule has 1 heterocycles. The molecule has 0 N–H and O–H groups in total. The maximum atomic E-state index is 4.28. The zero-order valence-corrected chi connectivity index (χ0v) is 11.3. The lowest BCUT2D eigenvalue weighted by Gasteiger charge is -2.05. The molecule has 0 amide bonds. The van der Waals surface area contributed by atoms with Gasteiger partial charge in [0.1, 0.15) is 0 Å². The van der Waals surface area contributed by atoms with Crippen molar-refractivity contribution in [1.82, 2.24) is 9.78 Å². The highest BCUT2D eigenvalue weighted by molar-refractivity contribution is 14.1. The summed E-state index contributed by atoms with van der Waals surface area (Å²) in [6.07, 6.45) is 3.86. The summed E-state index contributed by atoms with van der Waals surface area (Å²) in [5.41, 5.74) is 2.33. The van der Waals surface area contributed by atoms with E-state index in [2.05, 4.69) is 62.7 Å². The van der Waals surface area contributed by atoms with Crippen LogP contribution in [0.15, 0.2) is 35.1 Å². The minimum Gasteiger partial charge on any atom is -0.240 e. The first-order valence-corrected chi connectivity index (χ1v) is 6.01. The number of hydrogen-bond donors (Lipinski definition) is 0.